The van der Waals surface area contributed by atoms with E-state index in [1.54, 1.807) is 0 Å². The standard InChI is InChI=1S/C51H95N2.C2HF6NO4S2/c1-3-5-7-9-11-13-15-17-19-21-23-25-27-29-31-33-35-37-39-43-47-52-49-53(51-46-42-41-45-50(51)52)48-44-40-38-36-34-32-30-28-26-24-22-20-18-16-14-12-10-8-6-4-2;3-1(4,5)14(10,11)9-15(12,13)2(6,7)8/h41-42,45-46,49H,3-40,43-44,47-48H2,1-2H3;9H/q+1;. The lowest BCUT2D eigenvalue weighted by Gasteiger charge is -2.11. The van der Waals surface area contributed by atoms with Crippen LogP contribution in [-0.2, 0) is 33.1 Å². The van der Waals surface area contributed by atoms with Gasteiger partial charge in [-0.2, -0.15) is 26.3 Å². The van der Waals surface area contributed by atoms with Crippen LogP contribution in [0.1, 0.15) is 271 Å². The molecule has 68 heavy (non-hydrogen) atoms. The van der Waals surface area contributed by atoms with Gasteiger partial charge in [-0.3, -0.25) is 0 Å². The molecular formula is C53H96F6N3O4S2+. The highest BCUT2D eigenvalue weighted by atomic mass is 32.3. The van der Waals surface area contributed by atoms with Crippen molar-refractivity contribution >= 4 is 31.1 Å². The lowest BCUT2D eigenvalue weighted by Crippen LogP contribution is -2.45. The highest BCUT2D eigenvalue weighted by Crippen LogP contribution is 2.27. The highest BCUT2D eigenvalue weighted by molar-refractivity contribution is 8.05. The van der Waals surface area contributed by atoms with E-state index in [2.05, 4.69) is 53.6 Å². The van der Waals surface area contributed by atoms with Crippen molar-refractivity contribution in [3.63, 3.8) is 0 Å². The molecule has 1 N–H and O–H groups in total. The average molecular weight is 1020 g/mol. The largest absolute Gasteiger partial charge is 0.512 e. The molecule has 1 heterocycles. The summed E-state index contributed by atoms with van der Waals surface area (Å²) in [7, 11) is -13.2. The van der Waals surface area contributed by atoms with Gasteiger partial charge in [-0.1, -0.05) is 261 Å². The third-order valence-electron chi connectivity index (χ3n) is 13.1. The minimum absolute atomic E-state index is 0.493. The molecule has 7 nitrogen and oxygen atoms in total. The number of sulfonamides is 2. The Balaban J connectivity index is 0.00000131. The number of halogens is 6. The normalized spacial score (nSPS) is 12.5. The molecular weight excluding hydrogens is 921 g/mol. The van der Waals surface area contributed by atoms with Gasteiger partial charge in [-0.15, -0.1) is 0 Å². The summed E-state index contributed by atoms with van der Waals surface area (Å²) < 4.78 is 113. The molecule has 0 aliphatic rings. The van der Waals surface area contributed by atoms with Crippen LogP contribution >= 0.6 is 0 Å². The van der Waals surface area contributed by atoms with E-state index in [1.807, 2.05) is 0 Å². The molecule has 400 valence electrons. The number of aryl methyl sites for hydroxylation is 2. The second-order valence-corrected chi connectivity index (χ2v) is 23.0. The molecule has 0 saturated carbocycles. The number of unbranched alkanes of at least 4 members (excludes halogenated alkanes) is 38. The van der Waals surface area contributed by atoms with Gasteiger partial charge >= 0.3 is 31.1 Å². The molecule has 0 bridgehead atoms. The first-order valence-corrected chi connectivity index (χ1v) is 30.4. The van der Waals surface area contributed by atoms with Crippen LogP contribution in [0.4, 0.5) is 26.3 Å². The molecule has 1 aromatic carbocycles. The predicted octanol–water partition coefficient (Wildman–Crippen LogP) is 17.8. The summed E-state index contributed by atoms with van der Waals surface area (Å²) >= 11 is 0. The van der Waals surface area contributed by atoms with Gasteiger partial charge in [0.1, 0.15) is 0 Å². The second-order valence-electron chi connectivity index (χ2n) is 19.4. The number of rotatable bonds is 44. The van der Waals surface area contributed by atoms with Gasteiger partial charge < -0.3 is 0 Å². The summed E-state index contributed by atoms with van der Waals surface area (Å²) in [5.74, 6) is 0. The maximum atomic E-state index is 11.5. The Morgan fingerprint density at radius 3 is 0.971 bits per heavy atom. The van der Waals surface area contributed by atoms with Gasteiger partial charge in [0.05, 0.1) is 13.1 Å². The fourth-order valence-corrected chi connectivity index (χ4v) is 10.8. The Bertz CT molecular complexity index is 1580. The molecule has 0 amide bonds. The minimum Gasteiger partial charge on any atom is -0.230 e. The number of nitrogens with zero attached hydrogens (tertiary/aromatic N) is 2. The Morgan fingerprint density at radius 1 is 0.412 bits per heavy atom. The van der Waals surface area contributed by atoms with Crippen molar-refractivity contribution in [2.45, 2.75) is 295 Å². The summed E-state index contributed by atoms with van der Waals surface area (Å²) in [6.07, 6.45) is 60.3. The van der Waals surface area contributed by atoms with E-state index in [0.717, 1.165) is 0 Å². The van der Waals surface area contributed by atoms with E-state index in [0.29, 0.717) is 0 Å². The molecule has 0 saturated heterocycles. The lowest BCUT2D eigenvalue weighted by atomic mass is 10.0. The van der Waals surface area contributed by atoms with Crippen LogP contribution < -0.4 is 8.69 Å². The summed E-state index contributed by atoms with van der Waals surface area (Å²) in [6.45, 7) is 6.97. The Hall–Kier alpha value is -1.87. The van der Waals surface area contributed by atoms with E-state index in [1.165, 1.54) is 281 Å². The van der Waals surface area contributed by atoms with Crippen molar-refractivity contribution in [1.82, 2.24) is 8.69 Å². The maximum absolute atomic E-state index is 11.5. The van der Waals surface area contributed by atoms with Crippen LogP contribution in [0.25, 0.3) is 11.0 Å². The van der Waals surface area contributed by atoms with Gasteiger partial charge in [0, 0.05) is 0 Å². The first-order chi connectivity index (χ1) is 32.6. The molecule has 2 aromatic rings. The number of fused-ring (bicyclic) bond motifs is 1. The number of aromatic nitrogens is 2. The van der Waals surface area contributed by atoms with Crippen molar-refractivity contribution < 1.29 is 47.7 Å². The van der Waals surface area contributed by atoms with Crippen molar-refractivity contribution in [3.8, 4) is 0 Å². The fourth-order valence-electron chi connectivity index (χ4n) is 8.91. The molecule has 15 heteroatoms. The van der Waals surface area contributed by atoms with Crippen LogP contribution in [0.3, 0.4) is 0 Å². The van der Waals surface area contributed by atoms with Gasteiger partial charge in [0.2, 0.25) is 6.33 Å². The van der Waals surface area contributed by atoms with E-state index in [4.69, 9.17) is 0 Å². The van der Waals surface area contributed by atoms with E-state index >= 15 is 0 Å². The van der Waals surface area contributed by atoms with Crippen LogP contribution in [0.2, 0.25) is 0 Å². The highest BCUT2D eigenvalue weighted by Gasteiger charge is 2.55. The summed E-state index contributed by atoms with van der Waals surface area (Å²) in [5, 5.41) is 0. The molecule has 0 spiro atoms. The quantitative estimate of drug-likeness (QED) is 0.0407. The molecule has 0 unspecified atom stereocenters. The van der Waals surface area contributed by atoms with Gasteiger partial charge in [-0.25, -0.2) is 26.0 Å². The monoisotopic (exact) mass is 1020 g/mol. The Labute approximate surface area is 411 Å². The predicted molar refractivity (Wildman–Crippen MR) is 271 cm³/mol. The van der Waals surface area contributed by atoms with Crippen molar-refractivity contribution in [2.24, 2.45) is 0 Å². The van der Waals surface area contributed by atoms with Gasteiger partial charge in [0.15, 0.2) is 11.0 Å². The number of imidazole rings is 1. The zero-order valence-electron chi connectivity index (χ0n) is 42.7. The molecule has 0 aliphatic carbocycles. The Kier molecular flexibility index (Phi) is 37.5. The molecule has 2 rings (SSSR count). The van der Waals surface area contributed by atoms with Gasteiger partial charge in [-0.05, 0) is 37.8 Å². The van der Waals surface area contributed by atoms with E-state index in [-0.39, 0.29) is 0 Å². The number of para-hydroxylation sites is 2. The number of alkyl halides is 6. The van der Waals surface area contributed by atoms with Crippen molar-refractivity contribution in [2.75, 3.05) is 0 Å². The minimum atomic E-state index is -6.60. The first-order valence-electron chi connectivity index (χ1n) is 27.5. The van der Waals surface area contributed by atoms with Crippen LogP contribution in [-0.4, -0.2) is 32.4 Å². The van der Waals surface area contributed by atoms with Gasteiger partial charge in [0.25, 0.3) is 0 Å². The lowest BCUT2D eigenvalue weighted by molar-refractivity contribution is -0.672. The molecule has 0 aliphatic heterocycles. The maximum Gasteiger partial charge on any atom is 0.512 e. The zero-order valence-corrected chi connectivity index (χ0v) is 44.3. The fraction of sp³-hybridized carbons (Fsp3) is 0.868. The van der Waals surface area contributed by atoms with Crippen LogP contribution in [0.15, 0.2) is 30.6 Å². The van der Waals surface area contributed by atoms with Crippen LogP contribution in [0.5, 0.6) is 0 Å². The topological polar surface area (TPSA) is 89.1 Å². The van der Waals surface area contributed by atoms with Crippen LogP contribution in [0, 0.1) is 0 Å². The van der Waals surface area contributed by atoms with E-state index < -0.39 is 35.2 Å². The molecule has 0 radical (unpaired) electrons. The SMILES string of the molecule is CCCCCCCCCCCCCCCCCCCCCCn1c[n+](CCCCCCCCCCCCCCCCCCCCCC)c2ccccc21.O=S(=O)(NS(=O)(=O)C(F)(F)F)C(F)(F)F. The number of hydrogen-bond donors (Lipinski definition) is 1. The summed E-state index contributed by atoms with van der Waals surface area (Å²) in [5.41, 5.74) is -9.44. The third kappa shape index (κ3) is 32.2. The van der Waals surface area contributed by atoms with Crippen molar-refractivity contribution in [1.29, 1.82) is 0 Å². The smallest absolute Gasteiger partial charge is 0.230 e. The number of benzene rings is 1. The third-order valence-corrected chi connectivity index (χ3v) is 16.1. The zero-order chi connectivity index (χ0) is 50.3. The second kappa shape index (κ2) is 39.7. The molecule has 0 atom stereocenters. The first kappa shape index (κ1) is 64.1. The van der Waals surface area contributed by atoms with E-state index in [9.17, 15) is 43.2 Å². The molecule has 0 fully saturated rings. The van der Waals surface area contributed by atoms with Crippen molar-refractivity contribution in [3.05, 3.63) is 30.6 Å². The number of nitrogens with one attached hydrogen (secondary N) is 1. The average Bonchev–Trinajstić information content (AvgIpc) is 3.63. The Morgan fingerprint density at radius 2 is 0.676 bits per heavy atom. The summed E-state index contributed by atoms with van der Waals surface area (Å²) in [4.78, 5) is 0. The molecule has 1 aromatic heterocycles. The number of hydrogen-bond acceptors (Lipinski definition) is 4. The summed E-state index contributed by atoms with van der Waals surface area (Å²) in [6, 6.07) is 9.11.